The summed E-state index contributed by atoms with van der Waals surface area (Å²) < 4.78 is 15.6. The molecule has 0 bridgehead atoms. The van der Waals surface area contributed by atoms with Gasteiger partial charge in [0, 0.05) is 6.04 Å². The largest absolute Gasteiger partial charge is 0.486 e. The summed E-state index contributed by atoms with van der Waals surface area (Å²) in [6.45, 7) is 3.63. The number of nitrogens with one attached hydrogen (secondary N) is 2. The number of carbonyl (C=O) groups is 3. The third-order valence-electron chi connectivity index (χ3n) is 3.06. The van der Waals surface area contributed by atoms with E-state index < -0.39 is 18.5 Å². The minimum absolute atomic E-state index is 0.0258. The van der Waals surface area contributed by atoms with Crippen LogP contribution in [-0.2, 0) is 14.3 Å². The van der Waals surface area contributed by atoms with Gasteiger partial charge in [0.05, 0.1) is 17.1 Å². The second kappa shape index (κ2) is 8.57. The summed E-state index contributed by atoms with van der Waals surface area (Å²) in [6, 6.07) is 2.80. The SMILES string of the molecule is CC(C)NC(=O)CNC(=O)COC(=O)c1cc(Cl)c2c(c1)OCCO2. The van der Waals surface area contributed by atoms with Crippen LogP contribution in [0.2, 0.25) is 5.02 Å². The smallest absolute Gasteiger partial charge is 0.338 e. The van der Waals surface area contributed by atoms with Crippen LogP contribution in [0.1, 0.15) is 24.2 Å². The molecule has 0 aliphatic carbocycles. The Morgan fingerprint density at radius 1 is 1.20 bits per heavy atom. The third kappa shape index (κ3) is 5.53. The van der Waals surface area contributed by atoms with Crippen LogP contribution in [0.15, 0.2) is 12.1 Å². The first kappa shape index (κ1) is 18.9. The van der Waals surface area contributed by atoms with Crippen molar-refractivity contribution in [1.82, 2.24) is 10.6 Å². The molecular weight excluding hydrogens is 352 g/mol. The van der Waals surface area contributed by atoms with Crippen LogP contribution in [-0.4, -0.2) is 50.2 Å². The minimum atomic E-state index is -0.736. The van der Waals surface area contributed by atoms with E-state index in [0.29, 0.717) is 24.7 Å². The number of halogens is 1. The number of amides is 2. The molecule has 1 aliphatic heterocycles. The van der Waals surface area contributed by atoms with Crippen molar-refractivity contribution in [2.75, 3.05) is 26.4 Å². The van der Waals surface area contributed by atoms with E-state index >= 15 is 0 Å². The molecule has 2 N–H and O–H groups in total. The van der Waals surface area contributed by atoms with Gasteiger partial charge in [-0.05, 0) is 26.0 Å². The fourth-order valence-electron chi connectivity index (χ4n) is 2.05. The quantitative estimate of drug-likeness (QED) is 0.721. The summed E-state index contributed by atoms with van der Waals surface area (Å²) in [6.07, 6.45) is 0. The first-order chi connectivity index (χ1) is 11.9. The number of esters is 1. The van der Waals surface area contributed by atoms with Crippen molar-refractivity contribution in [3.63, 3.8) is 0 Å². The van der Waals surface area contributed by atoms with Crippen molar-refractivity contribution in [1.29, 1.82) is 0 Å². The Morgan fingerprint density at radius 2 is 1.92 bits per heavy atom. The van der Waals surface area contributed by atoms with Gasteiger partial charge in [-0.2, -0.15) is 0 Å². The predicted octanol–water partition coefficient (Wildman–Crippen LogP) is 0.909. The van der Waals surface area contributed by atoms with E-state index in [-0.39, 0.29) is 29.1 Å². The maximum atomic E-state index is 12.0. The third-order valence-corrected chi connectivity index (χ3v) is 3.34. The van der Waals surface area contributed by atoms with E-state index in [1.54, 1.807) is 13.8 Å². The summed E-state index contributed by atoms with van der Waals surface area (Å²) in [7, 11) is 0. The minimum Gasteiger partial charge on any atom is -0.486 e. The first-order valence-electron chi connectivity index (χ1n) is 7.69. The van der Waals surface area contributed by atoms with Crippen molar-refractivity contribution < 1.29 is 28.6 Å². The summed E-state index contributed by atoms with van der Waals surface area (Å²) in [4.78, 5) is 35.1. The lowest BCUT2D eigenvalue weighted by atomic mass is 10.2. The molecule has 0 saturated heterocycles. The molecule has 0 spiro atoms. The van der Waals surface area contributed by atoms with Gasteiger partial charge in [-0.1, -0.05) is 11.6 Å². The van der Waals surface area contributed by atoms with Crippen LogP contribution in [0.4, 0.5) is 0 Å². The van der Waals surface area contributed by atoms with Crippen molar-refractivity contribution >= 4 is 29.4 Å². The van der Waals surface area contributed by atoms with Crippen LogP contribution >= 0.6 is 11.6 Å². The van der Waals surface area contributed by atoms with Crippen LogP contribution in [0.3, 0.4) is 0 Å². The van der Waals surface area contributed by atoms with Gasteiger partial charge < -0.3 is 24.8 Å². The molecule has 8 nitrogen and oxygen atoms in total. The maximum Gasteiger partial charge on any atom is 0.338 e. The highest BCUT2D eigenvalue weighted by molar-refractivity contribution is 6.32. The van der Waals surface area contributed by atoms with Gasteiger partial charge in [0.2, 0.25) is 5.91 Å². The Kier molecular flexibility index (Phi) is 6.46. The Labute approximate surface area is 149 Å². The summed E-state index contributed by atoms with van der Waals surface area (Å²) >= 11 is 6.04. The normalized spacial score (nSPS) is 12.5. The average Bonchev–Trinajstić information content (AvgIpc) is 2.57. The molecule has 1 aromatic rings. The van der Waals surface area contributed by atoms with Gasteiger partial charge in [-0.3, -0.25) is 9.59 Å². The lowest BCUT2D eigenvalue weighted by Crippen LogP contribution is -2.41. The molecule has 2 rings (SSSR count). The van der Waals surface area contributed by atoms with Gasteiger partial charge in [0.1, 0.15) is 13.2 Å². The van der Waals surface area contributed by atoms with Gasteiger partial charge in [-0.25, -0.2) is 4.79 Å². The van der Waals surface area contributed by atoms with E-state index in [9.17, 15) is 14.4 Å². The molecule has 0 aromatic heterocycles. The number of hydrogen-bond acceptors (Lipinski definition) is 6. The molecule has 0 saturated carbocycles. The molecule has 9 heteroatoms. The molecule has 1 aliphatic rings. The number of rotatable bonds is 6. The molecule has 25 heavy (non-hydrogen) atoms. The van der Waals surface area contributed by atoms with E-state index in [0.717, 1.165) is 0 Å². The molecule has 0 atom stereocenters. The van der Waals surface area contributed by atoms with Crippen LogP contribution < -0.4 is 20.1 Å². The predicted molar refractivity (Wildman–Crippen MR) is 89.0 cm³/mol. The number of benzene rings is 1. The fourth-order valence-corrected chi connectivity index (χ4v) is 2.31. The van der Waals surface area contributed by atoms with Crippen molar-refractivity contribution in [3.8, 4) is 11.5 Å². The highest BCUT2D eigenvalue weighted by Gasteiger charge is 2.20. The summed E-state index contributed by atoms with van der Waals surface area (Å²) in [5.74, 6) is -0.927. The topological polar surface area (TPSA) is 103 Å². The highest BCUT2D eigenvalue weighted by Crippen LogP contribution is 2.38. The van der Waals surface area contributed by atoms with E-state index in [1.165, 1.54) is 12.1 Å². The van der Waals surface area contributed by atoms with Crippen LogP contribution in [0.5, 0.6) is 11.5 Å². The average molecular weight is 371 g/mol. The lowest BCUT2D eigenvalue weighted by molar-refractivity contribution is -0.128. The monoisotopic (exact) mass is 370 g/mol. The van der Waals surface area contributed by atoms with Crippen molar-refractivity contribution in [2.24, 2.45) is 0 Å². The number of carbonyl (C=O) groups excluding carboxylic acids is 3. The standard InChI is InChI=1S/C16H19ClN2O6/c1-9(2)19-13(20)7-18-14(21)8-25-16(22)10-5-11(17)15-12(6-10)23-3-4-24-15/h5-6,9H,3-4,7-8H2,1-2H3,(H,18,21)(H,19,20). The highest BCUT2D eigenvalue weighted by atomic mass is 35.5. The Morgan fingerprint density at radius 3 is 2.64 bits per heavy atom. The van der Waals surface area contributed by atoms with Crippen molar-refractivity contribution in [2.45, 2.75) is 19.9 Å². The molecule has 0 fully saturated rings. The molecule has 1 heterocycles. The summed E-state index contributed by atoms with van der Waals surface area (Å²) in [5, 5.41) is 5.20. The van der Waals surface area contributed by atoms with Gasteiger partial charge in [0.15, 0.2) is 18.1 Å². The summed E-state index contributed by atoms with van der Waals surface area (Å²) in [5.41, 5.74) is 0.139. The van der Waals surface area contributed by atoms with E-state index in [4.69, 9.17) is 25.8 Å². The first-order valence-corrected chi connectivity index (χ1v) is 8.07. The lowest BCUT2D eigenvalue weighted by Gasteiger charge is -2.19. The number of ether oxygens (including phenoxy) is 3. The molecule has 0 unspecified atom stereocenters. The van der Waals surface area contributed by atoms with E-state index in [1.807, 2.05) is 0 Å². The molecule has 1 aromatic carbocycles. The van der Waals surface area contributed by atoms with Crippen molar-refractivity contribution in [3.05, 3.63) is 22.7 Å². The molecule has 0 radical (unpaired) electrons. The van der Waals surface area contributed by atoms with E-state index in [2.05, 4.69) is 10.6 Å². The van der Waals surface area contributed by atoms with Crippen LogP contribution in [0.25, 0.3) is 0 Å². The zero-order chi connectivity index (χ0) is 18.4. The number of fused-ring (bicyclic) bond motifs is 1. The molecule has 136 valence electrons. The Balaban J connectivity index is 1.85. The Hall–Kier alpha value is -2.48. The van der Waals surface area contributed by atoms with Gasteiger partial charge in [-0.15, -0.1) is 0 Å². The fraction of sp³-hybridized carbons (Fsp3) is 0.438. The number of hydrogen-bond donors (Lipinski definition) is 2. The second-order valence-electron chi connectivity index (χ2n) is 5.56. The van der Waals surface area contributed by atoms with Gasteiger partial charge in [0.25, 0.3) is 5.91 Å². The van der Waals surface area contributed by atoms with Gasteiger partial charge >= 0.3 is 5.97 Å². The zero-order valence-corrected chi connectivity index (χ0v) is 14.6. The second-order valence-corrected chi connectivity index (χ2v) is 5.96. The molecular formula is C16H19ClN2O6. The van der Waals surface area contributed by atoms with Crippen LogP contribution in [0, 0.1) is 0 Å². The Bertz CT molecular complexity index is 677. The maximum absolute atomic E-state index is 12.0. The molecule has 2 amide bonds. The zero-order valence-electron chi connectivity index (χ0n) is 13.9.